The van der Waals surface area contributed by atoms with E-state index in [0.717, 1.165) is 12.1 Å². The zero-order valence-corrected chi connectivity index (χ0v) is 8.30. The summed E-state index contributed by atoms with van der Waals surface area (Å²) in [4.78, 5) is 0. The monoisotopic (exact) mass is 169 g/mol. The van der Waals surface area contributed by atoms with Gasteiger partial charge in [-0.25, -0.2) is 0 Å². The van der Waals surface area contributed by atoms with Gasteiger partial charge in [-0.2, -0.15) is 0 Å². The maximum Gasteiger partial charge on any atom is 0.0606 e. The molecule has 12 heavy (non-hydrogen) atoms. The van der Waals surface area contributed by atoms with E-state index in [-0.39, 0.29) is 5.41 Å². The predicted octanol–water partition coefficient (Wildman–Crippen LogP) is 3.05. The second kappa shape index (κ2) is 3.46. The van der Waals surface area contributed by atoms with Crippen LogP contribution in [0, 0.1) is 11.3 Å². The summed E-state index contributed by atoms with van der Waals surface area (Å²) < 4.78 is 0. The Morgan fingerprint density at radius 3 is 2.42 bits per heavy atom. The molecule has 2 heteroatoms. The van der Waals surface area contributed by atoms with Crippen molar-refractivity contribution >= 4 is 5.71 Å². The van der Waals surface area contributed by atoms with Crippen molar-refractivity contribution in [3.05, 3.63) is 0 Å². The largest absolute Gasteiger partial charge is 0.411 e. The average molecular weight is 169 g/mol. The molecule has 1 aliphatic rings. The third-order valence-electron chi connectivity index (χ3n) is 2.75. The van der Waals surface area contributed by atoms with Crippen LogP contribution in [0.1, 0.15) is 46.5 Å². The summed E-state index contributed by atoms with van der Waals surface area (Å²) >= 11 is 0. The molecule has 0 saturated heterocycles. The van der Waals surface area contributed by atoms with Crippen molar-refractivity contribution in [3.63, 3.8) is 0 Å². The molecular formula is C10H19NO. The molecule has 0 aromatic heterocycles. The van der Waals surface area contributed by atoms with E-state index in [1.165, 1.54) is 19.3 Å². The fraction of sp³-hybridized carbons (Fsp3) is 0.900. The molecule has 0 aromatic rings. The Morgan fingerprint density at radius 2 is 2.00 bits per heavy atom. The van der Waals surface area contributed by atoms with Gasteiger partial charge in [0.05, 0.1) is 5.71 Å². The summed E-state index contributed by atoms with van der Waals surface area (Å²) in [6.45, 7) is 6.65. The molecule has 1 fully saturated rings. The highest BCUT2D eigenvalue weighted by molar-refractivity contribution is 5.87. The molecule has 1 unspecified atom stereocenters. The lowest BCUT2D eigenvalue weighted by molar-refractivity contribution is 0.254. The van der Waals surface area contributed by atoms with Gasteiger partial charge in [-0.1, -0.05) is 32.3 Å². The van der Waals surface area contributed by atoms with Crippen LogP contribution in [0.25, 0.3) is 0 Å². The lowest BCUT2D eigenvalue weighted by Gasteiger charge is -2.34. The van der Waals surface area contributed by atoms with E-state index in [9.17, 15) is 0 Å². The molecular weight excluding hydrogens is 150 g/mol. The first kappa shape index (κ1) is 9.56. The lowest BCUT2D eigenvalue weighted by Crippen LogP contribution is -2.31. The van der Waals surface area contributed by atoms with Gasteiger partial charge in [0.15, 0.2) is 0 Å². The van der Waals surface area contributed by atoms with Crippen LogP contribution in [-0.4, -0.2) is 10.9 Å². The Labute approximate surface area is 74.7 Å². The Morgan fingerprint density at radius 1 is 1.33 bits per heavy atom. The smallest absolute Gasteiger partial charge is 0.0606 e. The van der Waals surface area contributed by atoms with Gasteiger partial charge in [-0.15, -0.1) is 0 Å². The van der Waals surface area contributed by atoms with Gasteiger partial charge in [0, 0.05) is 5.92 Å². The molecule has 1 aliphatic carbocycles. The molecule has 0 bridgehead atoms. The third kappa shape index (κ3) is 1.99. The van der Waals surface area contributed by atoms with Crippen molar-refractivity contribution in [3.8, 4) is 0 Å². The molecule has 70 valence electrons. The van der Waals surface area contributed by atoms with Crippen molar-refractivity contribution in [1.82, 2.24) is 0 Å². The molecule has 0 aliphatic heterocycles. The Bertz CT molecular complexity index is 179. The van der Waals surface area contributed by atoms with E-state index in [0.29, 0.717) is 5.92 Å². The van der Waals surface area contributed by atoms with E-state index in [2.05, 4.69) is 25.9 Å². The van der Waals surface area contributed by atoms with Crippen LogP contribution in [0.5, 0.6) is 0 Å². The topological polar surface area (TPSA) is 32.6 Å². The zero-order chi connectivity index (χ0) is 9.19. The summed E-state index contributed by atoms with van der Waals surface area (Å²) in [6, 6.07) is 0. The highest BCUT2D eigenvalue weighted by Gasteiger charge is 2.31. The highest BCUT2D eigenvalue weighted by atomic mass is 16.4. The number of hydrogen-bond donors (Lipinski definition) is 1. The number of nitrogens with zero attached hydrogens (tertiary/aromatic N) is 1. The second-order valence-corrected chi connectivity index (χ2v) is 4.76. The van der Waals surface area contributed by atoms with Gasteiger partial charge in [-0.3, -0.25) is 0 Å². The van der Waals surface area contributed by atoms with E-state index in [1.54, 1.807) is 0 Å². The van der Waals surface area contributed by atoms with Crippen LogP contribution in [0.4, 0.5) is 0 Å². The van der Waals surface area contributed by atoms with E-state index in [4.69, 9.17) is 5.21 Å². The van der Waals surface area contributed by atoms with Crippen molar-refractivity contribution in [2.75, 3.05) is 0 Å². The number of hydrogen-bond acceptors (Lipinski definition) is 2. The van der Waals surface area contributed by atoms with Crippen molar-refractivity contribution in [1.29, 1.82) is 0 Å². The normalized spacial score (nSPS) is 29.2. The molecule has 0 spiro atoms. The van der Waals surface area contributed by atoms with E-state index >= 15 is 0 Å². The molecule has 0 amide bonds. The minimum atomic E-state index is 0.252. The molecule has 0 radical (unpaired) electrons. The van der Waals surface area contributed by atoms with Crippen LogP contribution in [0.2, 0.25) is 0 Å². The lowest BCUT2D eigenvalue weighted by atomic mass is 9.71. The summed E-state index contributed by atoms with van der Waals surface area (Å²) in [5.41, 5.74) is 1.26. The van der Waals surface area contributed by atoms with Crippen molar-refractivity contribution in [2.24, 2.45) is 16.5 Å². The minimum Gasteiger partial charge on any atom is -0.411 e. The van der Waals surface area contributed by atoms with Gasteiger partial charge >= 0.3 is 0 Å². The van der Waals surface area contributed by atoms with Crippen LogP contribution in [-0.2, 0) is 0 Å². The van der Waals surface area contributed by atoms with Crippen LogP contribution in [0.15, 0.2) is 5.16 Å². The van der Waals surface area contributed by atoms with Crippen LogP contribution >= 0.6 is 0 Å². The van der Waals surface area contributed by atoms with Crippen LogP contribution < -0.4 is 0 Å². The van der Waals surface area contributed by atoms with Gasteiger partial charge in [0.25, 0.3) is 0 Å². The third-order valence-corrected chi connectivity index (χ3v) is 2.75. The summed E-state index contributed by atoms with van der Waals surface area (Å²) in [5.74, 6) is 0.483. The number of rotatable bonds is 0. The minimum absolute atomic E-state index is 0.252. The summed E-state index contributed by atoms with van der Waals surface area (Å²) in [6.07, 6.45) is 4.63. The van der Waals surface area contributed by atoms with Crippen molar-refractivity contribution < 1.29 is 5.21 Å². The molecule has 1 N–H and O–H groups in total. The Hall–Kier alpha value is -0.530. The fourth-order valence-corrected chi connectivity index (χ4v) is 2.05. The first-order valence-corrected chi connectivity index (χ1v) is 4.76. The predicted molar refractivity (Wildman–Crippen MR) is 50.6 cm³/mol. The van der Waals surface area contributed by atoms with Crippen LogP contribution in [0.3, 0.4) is 0 Å². The molecule has 0 aromatic carbocycles. The molecule has 2 nitrogen and oxygen atoms in total. The fourth-order valence-electron chi connectivity index (χ4n) is 2.05. The summed E-state index contributed by atoms with van der Waals surface area (Å²) in [5, 5.41) is 12.2. The highest BCUT2D eigenvalue weighted by Crippen LogP contribution is 2.35. The SMILES string of the molecule is CC(C)(C)C1CCCCC1=NO. The molecule has 1 saturated carbocycles. The van der Waals surface area contributed by atoms with E-state index in [1.807, 2.05) is 0 Å². The van der Waals surface area contributed by atoms with Gasteiger partial charge in [-0.05, 0) is 24.7 Å². The van der Waals surface area contributed by atoms with E-state index < -0.39 is 0 Å². The average Bonchev–Trinajstić information content (AvgIpc) is 2.03. The molecule has 0 heterocycles. The van der Waals surface area contributed by atoms with Gasteiger partial charge in [0.1, 0.15) is 0 Å². The summed E-state index contributed by atoms with van der Waals surface area (Å²) in [7, 11) is 0. The number of oxime groups is 1. The molecule has 1 rings (SSSR count). The zero-order valence-electron chi connectivity index (χ0n) is 8.30. The standard InChI is InChI=1S/C10H19NO/c1-10(2,3)8-6-4-5-7-9(8)11-12/h8,12H,4-7H2,1-3H3. The Kier molecular flexibility index (Phi) is 2.76. The van der Waals surface area contributed by atoms with Gasteiger partial charge in [0.2, 0.25) is 0 Å². The first-order valence-electron chi connectivity index (χ1n) is 4.76. The first-order chi connectivity index (χ1) is 5.55. The molecule has 1 atom stereocenters. The quantitative estimate of drug-likeness (QED) is 0.438. The maximum atomic E-state index is 8.81. The van der Waals surface area contributed by atoms with Gasteiger partial charge < -0.3 is 5.21 Å². The second-order valence-electron chi connectivity index (χ2n) is 4.76. The maximum absolute atomic E-state index is 8.81. The van der Waals surface area contributed by atoms with Crippen molar-refractivity contribution in [2.45, 2.75) is 46.5 Å². The Balaban J connectivity index is 2.73.